The molecule has 0 aromatic heterocycles. The number of urea groups is 1. The number of piperidine rings is 1. The maximum absolute atomic E-state index is 13.7. The SMILES string of the molecule is Cc1c(N)ccc(F)c1NC(=O)N1CCCCC1. The van der Waals surface area contributed by atoms with Gasteiger partial charge in [-0.3, -0.25) is 0 Å². The monoisotopic (exact) mass is 251 g/mol. The Kier molecular flexibility index (Phi) is 3.69. The van der Waals surface area contributed by atoms with Crippen LogP contribution in [-0.4, -0.2) is 24.0 Å². The summed E-state index contributed by atoms with van der Waals surface area (Å²) in [5.41, 5.74) is 6.94. The zero-order valence-electron chi connectivity index (χ0n) is 10.5. The molecule has 1 aliphatic rings. The highest BCUT2D eigenvalue weighted by molar-refractivity contribution is 5.91. The molecule has 1 aliphatic heterocycles. The van der Waals surface area contributed by atoms with Gasteiger partial charge in [0.05, 0.1) is 5.69 Å². The van der Waals surface area contributed by atoms with E-state index in [4.69, 9.17) is 5.73 Å². The summed E-state index contributed by atoms with van der Waals surface area (Å²) in [5.74, 6) is -0.452. The van der Waals surface area contributed by atoms with E-state index in [1.807, 2.05) is 0 Å². The summed E-state index contributed by atoms with van der Waals surface area (Å²) in [4.78, 5) is 13.7. The lowest BCUT2D eigenvalue weighted by atomic mass is 10.1. The average molecular weight is 251 g/mol. The van der Waals surface area contributed by atoms with Gasteiger partial charge < -0.3 is 16.0 Å². The molecule has 1 aromatic carbocycles. The van der Waals surface area contributed by atoms with E-state index in [-0.39, 0.29) is 11.7 Å². The van der Waals surface area contributed by atoms with Gasteiger partial charge in [-0.25, -0.2) is 9.18 Å². The molecule has 0 unspecified atom stereocenters. The van der Waals surface area contributed by atoms with Crippen molar-refractivity contribution in [1.29, 1.82) is 0 Å². The molecule has 0 saturated carbocycles. The van der Waals surface area contributed by atoms with E-state index in [1.54, 1.807) is 11.8 Å². The summed E-state index contributed by atoms with van der Waals surface area (Å²) in [6, 6.07) is 2.53. The van der Waals surface area contributed by atoms with Gasteiger partial charge in [-0.15, -0.1) is 0 Å². The number of amides is 2. The number of carbonyl (C=O) groups is 1. The number of nitrogens with zero attached hydrogens (tertiary/aromatic N) is 1. The van der Waals surface area contributed by atoms with Crippen molar-refractivity contribution in [3.63, 3.8) is 0 Å². The number of hydrogen-bond donors (Lipinski definition) is 2. The highest BCUT2D eigenvalue weighted by atomic mass is 19.1. The predicted molar refractivity (Wildman–Crippen MR) is 70.0 cm³/mol. The average Bonchev–Trinajstić information content (AvgIpc) is 2.40. The molecule has 18 heavy (non-hydrogen) atoms. The van der Waals surface area contributed by atoms with Crippen molar-refractivity contribution in [2.75, 3.05) is 24.1 Å². The van der Waals surface area contributed by atoms with Gasteiger partial charge in [0.1, 0.15) is 5.82 Å². The minimum absolute atomic E-state index is 0.186. The summed E-state index contributed by atoms with van der Waals surface area (Å²) in [6.45, 7) is 3.16. The Bertz CT molecular complexity index is 456. The number of likely N-dealkylation sites (tertiary alicyclic amines) is 1. The largest absolute Gasteiger partial charge is 0.398 e. The van der Waals surface area contributed by atoms with E-state index in [0.29, 0.717) is 11.3 Å². The maximum atomic E-state index is 13.7. The number of nitrogens with one attached hydrogen (secondary N) is 1. The standard InChI is InChI=1S/C13H18FN3O/c1-9-11(15)6-5-10(14)12(9)16-13(18)17-7-3-2-4-8-17/h5-6H,2-4,7-8,15H2,1H3,(H,16,18). The first-order valence-corrected chi connectivity index (χ1v) is 6.20. The zero-order chi connectivity index (χ0) is 13.1. The summed E-state index contributed by atoms with van der Waals surface area (Å²) in [6.07, 6.45) is 3.16. The van der Waals surface area contributed by atoms with Gasteiger partial charge in [0, 0.05) is 18.8 Å². The van der Waals surface area contributed by atoms with E-state index in [1.165, 1.54) is 12.1 Å². The third kappa shape index (κ3) is 2.55. The van der Waals surface area contributed by atoms with Crippen LogP contribution in [0.4, 0.5) is 20.6 Å². The van der Waals surface area contributed by atoms with Crippen molar-refractivity contribution in [3.8, 4) is 0 Å². The highest BCUT2D eigenvalue weighted by Gasteiger charge is 2.19. The lowest BCUT2D eigenvalue weighted by molar-refractivity contribution is 0.200. The first-order valence-electron chi connectivity index (χ1n) is 6.20. The number of carbonyl (C=O) groups excluding carboxylic acids is 1. The minimum Gasteiger partial charge on any atom is -0.398 e. The van der Waals surface area contributed by atoms with Crippen molar-refractivity contribution < 1.29 is 9.18 Å². The molecule has 0 atom stereocenters. The van der Waals surface area contributed by atoms with Crippen molar-refractivity contribution in [1.82, 2.24) is 4.90 Å². The molecular formula is C13H18FN3O. The fourth-order valence-electron chi connectivity index (χ4n) is 2.13. The molecule has 1 fully saturated rings. The Hall–Kier alpha value is -1.78. The number of halogens is 1. The van der Waals surface area contributed by atoms with Crippen LogP contribution in [0.15, 0.2) is 12.1 Å². The minimum atomic E-state index is -0.452. The molecule has 1 heterocycles. The summed E-state index contributed by atoms with van der Waals surface area (Å²) < 4.78 is 13.7. The van der Waals surface area contributed by atoms with Crippen molar-refractivity contribution >= 4 is 17.4 Å². The Morgan fingerprint density at radius 3 is 2.67 bits per heavy atom. The highest BCUT2D eigenvalue weighted by Crippen LogP contribution is 2.25. The van der Waals surface area contributed by atoms with E-state index >= 15 is 0 Å². The first-order chi connectivity index (χ1) is 8.59. The van der Waals surface area contributed by atoms with Crippen LogP contribution in [0.2, 0.25) is 0 Å². The third-order valence-electron chi connectivity index (χ3n) is 3.33. The Labute approximate surface area is 106 Å². The molecule has 98 valence electrons. The molecule has 3 N–H and O–H groups in total. The molecular weight excluding hydrogens is 233 g/mol. The zero-order valence-corrected chi connectivity index (χ0v) is 10.5. The van der Waals surface area contributed by atoms with E-state index in [9.17, 15) is 9.18 Å². The van der Waals surface area contributed by atoms with Gasteiger partial charge in [0.2, 0.25) is 0 Å². The molecule has 0 radical (unpaired) electrons. The van der Waals surface area contributed by atoms with Crippen molar-refractivity contribution in [3.05, 3.63) is 23.5 Å². The van der Waals surface area contributed by atoms with Gasteiger partial charge in [-0.1, -0.05) is 0 Å². The predicted octanol–water partition coefficient (Wildman–Crippen LogP) is 2.73. The summed E-state index contributed by atoms with van der Waals surface area (Å²) in [5, 5.41) is 2.62. The van der Waals surface area contributed by atoms with E-state index in [2.05, 4.69) is 5.32 Å². The number of benzene rings is 1. The van der Waals surface area contributed by atoms with E-state index in [0.717, 1.165) is 32.4 Å². The van der Waals surface area contributed by atoms with Crippen LogP contribution in [0.25, 0.3) is 0 Å². The molecule has 4 nitrogen and oxygen atoms in total. The second-order valence-corrected chi connectivity index (χ2v) is 4.61. The Balaban J connectivity index is 2.13. The van der Waals surface area contributed by atoms with Crippen LogP contribution in [0.5, 0.6) is 0 Å². The van der Waals surface area contributed by atoms with Crippen LogP contribution >= 0.6 is 0 Å². The lowest BCUT2D eigenvalue weighted by Gasteiger charge is -2.27. The van der Waals surface area contributed by atoms with Gasteiger partial charge in [0.15, 0.2) is 0 Å². The molecule has 1 saturated heterocycles. The number of anilines is 2. The molecule has 0 bridgehead atoms. The summed E-state index contributed by atoms with van der Waals surface area (Å²) in [7, 11) is 0. The maximum Gasteiger partial charge on any atom is 0.321 e. The molecule has 5 heteroatoms. The molecule has 2 rings (SSSR count). The lowest BCUT2D eigenvalue weighted by Crippen LogP contribution is -2.39. The topological polar surface area (TPSA) is 58.4 Å². The smallest absolute Gasteiger partial charge is 0.321 e. The van der Waals surface area contributed by atoms with Gasteiger partial charge in [0.25, 0.3) is 0 Å². The first kappa shape index (κ1) is 12.7. The molecule has 0 aliphatic carbocycles. The van der Waals surface area contributed by atoms with Crippen LogP contribution < -0.4 is 11.1 Å². The number of nitrogen functional groups attached to an aromatic ring is 1. The van der Waals surface area contributed by atoms with Crippen LogP contribution in [0, 0.1) is 12.7 Å². The quantitative estimate of drug-likeness (QED) is 0.754. The second kappa shape index (κ2) is 5.25. The fraction of sp³-hybridized carbons (Fsp3) is 0.462. The van der Waals surface area contributed by atoms with Crippen molar-refractivity contribution in [2.45, 2.75) is 26.2 Å². The van der Waals surface area contributed by atoms with Crippen LogP contribution in [0.1, 0.15) is 24.8 Å². The van der Waals surface area contributed by atoms with Gasteiger partial charge >= 0.3 is 6.03 Å². The number of hydrogen-bond acceptors (Lipinski definition) is 2. The van der Waals surface area contributed by atoms with Crippen LogP contribution in [0.3, 0.4) is 0 Å². The fourth-order valence-corrected chi connectivity index (χ4v) is 2.13. The molecule has 2 amide bonds. The number of rotatable bonds is 1. The van der Waals surface area contributed by atoms with E-state index < -0.39 is 5.82 Å². The Morgan fingerprint density at radius 2 is 2.00 bits per heavy atom. The third-order valence-corrected chi connectivity index (χ3v) is 3.33. The van der Waals surface area contributed by atoms with Gasteiger partial charge in [-0.05, 0) is 43.9 Å². The van der Waals surface area contributed by atoms with Crippen LogP contribution in [-0.2, 0) is 0 Å². The molecule has 1 aromatic rings. The van der Waals surface area contributed by atoms with Gasteiger partial charge in [-0.2, -0.15) is 0 Å². The Morgan fingerprint density at radius 1 is 1.33 bits per heavy atom. The second-order valence-electron chi connectivity index (χ2n) is 4.61. The normalized spacial score (nSPS) is 15.6. The summed E-state index contributed by atoms with van der Waals surface area (Å²) >= 11 is 0. The number of nitrogens with two attached hydrogens (primary N) is 1. The molecule has 0 spiro atoms. The van der Waals surface area contributed by atoms with Crippen molar-refractivity contribution in [2.24, 2.45) is 0 Å².